The average Bonchev–Trinajstić information content (AvgIpc) is 2.82. The van der Waals surface area contributed by atoms with E-state index in [-0.39, 0.29) is 11.9 Å². The van der Waals surface area contributed by atoms with Crippen molar-refractivity contribution >= 4 is 0 Å². The molecule has 1 aromatic carbocycles. The van der Waals surface area contributed by atoms with Gasteiger partial charge < -0.3 is 10.3 Å². The van der Waals surface area contributed by atoms with Gasteiger partial charge in [-0.25, -0.2) is 4.39 Å². The predicted octanol–water partition coefficient (Wildman–Crippen LogP) is 3.10. The lowest BCUT2D eigenvalue weighted by molar-refractivity contribution is 0.621. The first-order valence-corrected chi connectivity index (χ1v) is 5.33. The highest BCUT2D eigenvalue weighted by Crippen LogP contribution is 2.24. The zero-order valence-corrected chi connectivity index (χ0v) is 9.42. The van der Waals surface area contributed by atoms with Crippen LogP contribution in [0.4, 0.5) is 4.39 Å². The van der Waals surface area contributed by atoms with Gasteiger partial charge in [-0.3, -0.25) is 0 Å². The van der Waals surface area contributed by atoms with Crippen LogP contribution in [0.2, 0.25) is 0 Å². The van der Waals surface area contributed by atoms with E-state index in [1.807, 2.05) is 38.2 Å². The number of nitrogens with one attached hydrogen (secondary N) is 2. The highest BCUT2D eigenvalue weighted by molar-refractivity contribution is 5.61. The van der Waals surface area contributed by atoms with Crippen LogP contribution >= 0.6 is 0 Å². The number of aromatic amines is 1. The van der Waals surface area contributed by atoms with Crippen molar-refractivity contribution in [2.75, 3.05) is 7.05 Å². The number of halogens is 1. The molecular formula is C13H15FN2. The minimum atomic E-state index is -0.200. The quantitative estimate of drug-likeness (QED) is 0.814. The third-order valence-corrected chi connectivity index (χ3v) is 2.81. The molecule has 0 radical (unpaired) electrons. The summed E-state index contributed by atoms with van der Waals surface area (Å²) in [7, 11) is 1.89. The zero-order chi connectivity index (χ0) is 11.5. The minimum Gasteiger partial charge on any atom is -0.361 e. The van der Waals surface area contributed by atoms with E-state index in [2.05, 4.69) is 10.3 Å². The van der Waals surface area contributed by atoms with Gasteiger partial charge in [-0.2, -0.15) is 0 Å². The van der Waals surface area contributed by atoms with Crippen LogP contribution in [0.1, 0.15) is 18.5 Å². The van der Waals surface area contributed by atoms with Crippen LogP contribution in [-0.2, 0) is 0 Å². The number of benzene rings is 1. The van der Waals surface area contributed by atoms with Gasteiger partial charge in [0.25, 0.3) is 0 Å². The van der Waals surface area contributed by atoms with E-state index in [4.69, 9.17) is 0 Å². The fourth-order valence-corrected chi connectivity index (χ4v) is 1.68. The molecule has 1 atom stereocenters. The molecular weight excluding hydrogens is 203 g/mol. The Morgan fingerprint density at radius 3 is 2.75 bits per heavy atom. The van der Waals surface area contributed by atoms with Crippen molar-refractivity contribution in [1.82, 2.24) is 10.3 Å². The molecule has 0 aliphatic carbocycles. The van der Waals surface area contributed by atoms with E-state index < -0.39 is 0 Å². The lowest BCUT2D eigenvalue weighted by Crippen LogP contribution is -2.12. The van der Waals surface area contributed by atoms with Crippen molar-refractivity contribution in [3.05, 3.63) is 47.9 Å². The lowest BCUT2D eigenvalue weighted by Gasteiger charge is -2.12. The number of hydrogen-bond acceptors (Lipinski definition) is 1. The SMILES string of the molecule is CNC(C)c1ccc(F)c(-c2ccc[nH]2)c1. The van der Waals surface area contributed by atoms with Crippen molar-refractivity contribution in [2.24, 2.45) is 0 Å². The molecule has 0 aliphatic heterocycles. The second kappa shape index (κ2) is 4.49. The summed E-state index contributed by atoms with van der Waals surface area (Å²) in [5.41, 5.74) is 2.50. The summed E-state index contributed by atoms with van der Waals surface area (Å²) >= 11 is 0. The maximum absolute atomic E-state index is 13.7. The molecule has 0 bridgehead atoms. The van der Waals surface area contributed by atoms with E-state index >= 15 is 0 Å². The van der Waals surface area contributed by atoms with Gasteiger partial charge in [0.1, 0.15) is 5.82 Å². The van der Waals surface area contributed by atoms with Gasteiger partial charge in [-0.15, -0.1) is 0 Å². The van der Waals surface area contributed by atoms with Crippen LogP contribution < -0.4 is 5.32 Å². The smallest absolute Gasteiger partial charge is 0.132 e. The average molecular weight is 218 g/mol. The van der Waals surface area contributed by atoms with Crippen LogP contribution in [-0.4, -0.2) is 12.0 Å². The van der Waals surface area contributed by atoms with Gasteiger partial charge in [0.05, 0.1) is 0 Å². The first kappa shape index (κ1) is 10.9. The van der Waals surface area contributed by atoms with Gasteiger partial charge in [-0.1, -0.05) is 6.07 Å². The van der Waals surface area contributed by atoms with E-state index in [1.165, 1.54) is 6.07 Å². The summed E-state index contributed by atoms with van der Waals surface area (Å²) < 4.78 is 13.7. The normalized spacial score (nSPS) is 12.7. The molecule has 1 heterocycles. The fourth-order valence-electron chi connectivity index (χ4n) is 1.68. The predicted molar refractivity (Wildman–Crippen MR) is 63.7 cm³/mol. The monoisotopic (exact) mass is 218 g/mol. The van der Waals surface area contributed by atoms with Crippen LogP contribution in [0, 0.1) is 5.82 Å². The highest BCUT2D eigenvalue weighted by atomic mass is 19.1. The first-order valence-electron chi connectivity index (χ1n) is 5.33. The molecule has 2 rings (SSSR count). The number of hydrogen-bond donors (Lipinski definition) is 2. The summed E-state index contributed by atoms with van der Waals surface area (Å²) in [6.07, 6.45) is 1.79. The zero-order valence-electron chi connectivity index (χ0n) is 9.42. The molecule has 2 nitrogen and oxygen atoms in total. The second-order valence-corrected chi connectivity index (χ2v) is 3.83. The Bertz CT molecular complexity index is 463. The second-order valence-electron chi connectivity index (χ2n) is 3.83. The molecule has 1 aromatic heterocycles. The van der Waals surface area contributed by atoms with Crippen molar-refractivity contribution < 1.29 is 4.39 Å². The van der Waals surface area contributed by atoms with Crippen LogP contribution in [0.25, 0.3) is 11.3 Å². The molecule has 0 saturated heterocycles. The topological polar surface area (TPSA) is 27.8 Å². The Kier molecular flexibility index (Phi) is 3.06. The minimum absolute atomic E-state index is 0.200. The molecule has 0 saturated carbocycles. The fraction of sp³-hybridized carbons (Fsp3) is 0.231. The van der Waals surface area contributed by atoms with Gasteiger partial charge in [0.2, 0.25) is 0 Å². The maximum atomic E-state index is 13.7. The first-order chi connectivity index (χ1) is 7.72. The van der Waals surface area contributed by atoms with Crippen molar-refractivity contribution in [2.45, 2.75) is 13.0 Å². The summed E-state index contributed by atoms with van der Waals surface area (Å²) in [5.74, 6) is -0.200. The van der Waals surface area contributed by atoms with Crippen molar-refractivity contribution in [3.63, 3.8) is 0 Å². The maximum Gasteiger partial charge on any atom is 0.132 e. The molecule has 0 amide bonds. The number of H-pyrrole nitrogens is 1. The van der Waals surface area contributed by atoms with Gasteiger partial charge in [0.15, 0.2) is 0 Å². The molecule has 2 N–H and O–H groups in total. The molecule has 84 valence electrons. The Hall–Kier alpha value is -1.61. The molecule has 2 aromatic rings. The van der Waals surface area contributed by atoms with E-state index in [0.29, 0.717) is 5.56 Å². The number of rotatable bonds is 3. The van der Waals surface area contributed by atoms with Gasteiger partial charge >= 0.3 is 0 Å². The highest BCUT2D eigenvalue weighted by Gasteiger charge is 2.09. The Morgan fingerprint density at radius 2 is 2.12 bits per heavy atom. The Morgan fingerprint density at radius 1 is 1.31 bits per heavy atom. The number of aromatic nitrogens is 1. The van der Waals surface area contributed by atoms with E-state index in [9.17, 15) is 4.39 Å². The van der Waals surface area contributed by atoms with E-state index in [0.717, 1.165) is 11.3 Å². The third-order valence-electron chi connectivity index (χ3n) is 2.81. The molecule has 0 fully saturated rings. The Labute approximate surface area is 94.5 Å². The summed E-state index contributed by atoms with van der Waals surface area (Å²) in [6.45, 7) is 2.05. The van der Waals surface area contributed by atoms with Gasteiger partial charge in [0, 0.05) is 23.5 Å². The van der Waals surface area contributed by atoms with Crippen LogP contribution in [0.3, 0.4) is 0 Å². The molecule has 0 aliphatic rings. The van der Waals surface area contributed by atoms with E-state index in [1.54, 1.807) is 6.20 Å². The summed E-state index contributed by atoms with van der Waals surface area (Å²) in [4.78, 5) is 3.02. The molecule has 16 heavy (non-hydrogen) atoms. The summed E-state index contributed by atoms with van der Waals surface area (Å²) in [5, 5.41) is 3.14. The Balaban J connectivity index is 2.45. The molecule has 0 spiro atoms. The molecule has 1 unspecified atom stereocenters. The van der Waals surface area contributed by atoms with Crippen molar-refractivity contribution in [3.8, 4) is 11.3 Å². The van der Waals surface area contributed by atoms with Crippen LogP contribution in [0.5, 0.6) is 0 Å². The third kappa shape index (κ3) is 1.99. The van der Waals surface area contributed by atoms with Crippen molar-refractivity contribution in [1.29, 1.82) is 0 Å². The lowest BCUT2D eigenvalue weighted by atomic mass is 10.0. The largest absolute Gasteiger partial charge is 0.361 e. The van der Waals surface area contributed by atoms with Crippen LogP contribution in [0.15, 0.2) is 36.5 Å². The van der Waals surface area contributed by atoms with Gasteiger partial charge in [-0.05, 0) is 43.8 Å². The standard InChI is InChI=1S/C13H15FN2/c1-9(15-2)10-5-6-12(14)11(8-10)13-4-3-7-16-13/h3-9,15-16H,1-2H3. The summed E-state index contributed by atoms with van der Waals surface area (Å²) in [6, 6.07) is 9.15. The molecule has 3 heteroatoms.